The van der Waals surface area contributed by atoms with Gasteiger partial charge >= 0.3 is 18.4 Å². The zero-order valence-corrected chi connectivity index (χ0v) is 15.3. The Morgan fingerprint density at radius 1 is 1.03 bits per heavy atom. The van der Waals surface area contributed by atoms with Crippen LogP contribution >= 0.6 is 0 Å². The highest BCUT2D eigenvalue weighted by atomic mass is 19.4. The maximum Gasteiger partial charge on any atom is 0.434 e. The summed E-state index contributed by atoms with van der Waals surface area (Å²) in [7, 11) is 0. The number of halogens is 6. The van der Waals surface area contributed by atoms with Crippen molar-refractivity contribution in [2.45, 2.75) is 44.3 Å². The third-order valence-electron chi connectivity index (χ3n) is 5.43. The van der Waals surface area contributed by atoms with Gasteiger partial charge in [-0.3, -0.25) is 4.90 Å². The minimum Gasteiger partial charge on any atom is -0.426 e. The van der Waals surface area contributed by atoms with E-state index in [1.165, 1.54) is 6.33 Å². The summed E-state index contributed by atoms with van der Waals surface area (Å²) in [6.07, 6.45) is -10.4. The van der Waals surface area contributed by atoms with E-state index in [-0.39, 0.29) is 18.5 Å². The van der Waals surface area contributed by atoms with Gasteiger partial charge in [-0.2, -0.15) is 26.3 Å². The number of piperidine rings is 1. The molecule has 0 atom stereocenters. The van der Waals surface area contributed by atoms with Crippen molar-refractivity contribution >= 4 is 6.09 Å². The highest BCUT2D eigenvalue weighted by Gasteiger charge is 2.60. The van der Waals surface area contributed by atoms with Crippen molar-refractivity contribution in [3.63, 3.8) is 0 Å². The number of hydrogen-bond donors (Lipinski definition) is 0. The molecule has 1 spiro atoms. The summed E-state index contributed by atoms with van der Waals surface area (Å²) in [5, 5.41) is 0. The number of carbonyl (C=O) groups excluding carboxylic acids is 1. The Balaban J connectivity index is 1.53. The Morgan fingerprint density at radius 3 is 2.14 bits per heavy atom. The van der Waals surface area contributed by atoms with Crippen LogP contribution in [0.2, 0.25) is 0 Å². The van der Waals surface area contributed by atoms with Crippen molar-refractivity contribution in [2.75, 3.05) is 26.2 Å². The van der Waals surface area contributed by atoms with Gasteiger partial charge in [-0.05, 0) is 31.2 Å². The van der Waals surface area contributed by atoms with Crippen LogP contribution in [0.4, 0.5) is 31.1 Å². The zero-order valence-electron chi connectivity index (χ0n) is 15.3. The quantitative estimate of drug-likeness (QED) is 0.694. The third kappa shape index (κ3) is 5.28. The van der Waals surface area contributed by atoms with Crippen LogP contribution in [0.5, 0.6) is 0 Å². The van der Waals surface area contributed by atoms with Crippen LogP contribution in [0.3, 0.4) is 0 Å². The fourth-order valence-electron chi connectivity index (χ4n) is 3.90. The lowest BCUT2D eigenvalue weighted by Crippen LogP contribution is -2.50. The average molecular weight is 426 g/mol. The lowest BCUT2D eigenvalue weighted by atomic mass is 9.78. The molecule has 0 saturated carbocycles. The number of hydrogen-bond acceptors (Lipinski definition) is 5. The van der Waals surface area contributed by atoms with Gasteiger partial charge in [0.2, 0.25) is 0 Å². The van der Waals surface area contributed by atoms with E-state index in [1.54, 1.807) is 12.4 Å². The van der Waals surface area contributed by atoms with Crippen LogP contribution in [-0.4, -0.2) is 70.5 Å². The number of ether oxygens (including phenoxy) is 1. The van der Waals surface area contributed by atoms with Gasteiger partial charge in [0.25, 0.3) is 6.10 Å². The summed E-state index contributed by atoms with van der Waals surface area (Å²) in [6, 6.07) is 0. The highest BCUT2D eigenvalue weighted by molar-refractivity contribution is 5.68. The minimum absolute atomic E-state index is 0.0591. The molecule has 0 radical (unpaired) electrons. The van der Waals surface area contributed by atoms with Gasteiger partial charge in [-0.15, -0.1) is 0 Å². The fourth-order valence-corrected chi connectivity index (χ4v) is 3.90. The number of aromatic nitrogens is 2. The van der Waals surface area contributed by atoms with Crippen molar-refractivity contribution in [3.8, 4) is 0 Å². The smallest absolute Gasteiger partial charge is 0.426 e. The lowest BCUT2D eigenvalue weighted by molar-refractivity contribution is -0.308. The van der Waals surface area contributed by atoms with E-state index >= 15 is 0 Å². The molecule has 0 unspecified atom stereocenters. The van der Waals surface area contributed by atoms with Crippen molar-refractivity contribution in [1.29, 1.82) is 0 Å². The molecule has 2 aliphatic heterocycles. The van der Waals surface area contributed by atoms with Gasteiger partial charge in [0, 0.05) is 44.1 Å². The maximum absolute atomic E-state index is 12.6. The molecule has 0 aromatic carbocycles. The van der Waals surface area contributed by atoms with Crippen molar-refractivity contribution in [1.82, 2.24) is 19.8 Å². The van der Waals surface area contributed by atoms with E-state index in [4.69, 9.17) is 0 Å². The topological polar surface area (TPSA) is 58.6 Å². The van der Waals surface area contributed by atoms with Crippen LogP contribution in [-0.2, 0) is 11.3 Å². The minimum atomic E-state index is -5.71. The van der Waals surface area contributed by atoms with E-state index in [9.17, 15) is 31.1 Å². The SMILES string of the molecule is O=C(OC(C(F)(F)F)C(F)(F)F)N1CCC2(CCN(Cc3cncnc3)C2)CC1. The molecule has 6 nitrogen and oxygen atoms in total. The summed E-state index contributed by atoms with van der Waals surface area (Å²) in [6.45, 7) is 2.32. The first kappa shape index (κ1) is 21.6. The van der Waals surface area contributed by atoms with Crippen molar-refractivity contribution in [2.24, 2.45) is 5.41 Å². The number of rotatable bonds is 3. The van der Waals surface area contributed by atoms with Gasteiger partial charge in [0.05, 0.1) is 0 Å². The molecule has 0 bridgehead atoms. The van der Waals surface area contributed by atoms with E-state index < -0.39 is 24.5 Å². The second-order valence-electron chi connectivity index (χ2n) is 7.54. The molecular formula is C17H20F6N4O2. The molecule has 1 aromatic rings. The van der Waals surface area contributed by atoms with Gasteiger partial charge in [-0.1, -0.05) is 0 Å². The fraction of sp³-hybridized carbons (Fsp3) is 0.706. The number of alkyl halides is 6. The van der Waals surface area contributed by atoms with E-state index in [0.29, 0.717) is 19.4 Å². The third-order valence-corrected chi connectivity index (χ3v) is 5.43. The lowest BCUT2D eigenvalue weighted by Gasteiger charge is -2.39. The Labute approximate surface area is 162 Å². The van der Waals surface area contributed by atoms with Crippen LogP contribution in [0.1, 0.15) is 24.8 Å². The molecule has 3 rings (SSSR count). The van der Waals surface area contributed by atoms with Gasteiger partial charge in [0.1, 0.15) is 6.33 Å². The molecular weight excluding hydrogens is 406 g/mol. The predicted octanol–water partition coefficient (Wildman–Crippen LogP) is 3.39. The molecule has 0 aliphatic carbocycles. The molecule has 12 heteroatoms. The van der Waals surface area contributed by atoms with E-state index in [2.05, 4.69) is 19.6 Å². The standard InChI is InChI=1S/C17H20F6N4O2/c18-16(19,20)13(17(21,22)23)29-14(28)27-5-2-15(3-6-27)1-4-26(10-15)9-12-7-24-11-25-8-12/h7-8,11,13H,1-6,9-10H2. The first-order chi connectivity index (χ1) is 13.5. The van der Waals surface area contributed by atoms with Gasteiger partial charge in [-0.25, -0.2) is 14.8 Å². The van der Waals surface area contributed by atoms with Crippen molar-refractivity contribution < 1.29 is 35.9 Å². The summed E-state index contributed by atoms with van der Waals surface area (Å²) in [5.74, 6) is 0. The van der Waals surface area contributed by atoms with Crippen molar-refractivity contribution in [3.05, 3.63) is 24.3 Å². The van der Waals surface area contributed by atoms with E-state index in [1.807, 2.05) is 0 Å². The number of nitrogens with zero attached hydrogens (tertiary/aromatic N) is 4. The van der Waals surface area contributed by atoms with Crippen LogP contribution in [0.15, 0.2) is 18.7 Å². The Kier molecular flexibility index (Phi) is 5.93. The van der Waals surface area contributed by atoms with Crippen LogP contribution in [0, 0.1) is 5.41 Å². The first-order valence-corrected chi connectivity index (χ1v) is 9.04. The number of amides is 1. The summed E-state index contributed by atoms with van der Waals surface area (Å²) >= 11 is 0. The number of carbonyl (C=O) groups is 1. The van der Waals surface area contributed by atoms with Crippen LogP contribution in [0.25, 0.3) is 0 Å². The zero-order chi connectivity index (χ0) is 21.3. The van der Waals surface area contributed by atoms with Crippen LogP contribution < -0.4 is 0 Å². The molecule has 29 heavy (non-hydrogen) atoms. The highest BCUT2D eigenvalue weighted by Crippen LogP contribution is 2.41. The summed E-state index contributed by atoms with van der Waals surface area (Å²) in [4.78, 5) is 22.9. The largest absolute Gasteiger partial charge is 0.434 e. The Hall–Kier alpha value is -2.11. The molecule has 2 aliphatic rings. The Bertz CT molecular complexity index is 690. The summed E-state index contributed by atoms with van der Waals surface area (Å²) < 4.78 is 79.2. The average Bonchev–Trinajstić information content (AvgIpc) is 3.01. The second-order valence-corrected chi connectivity index (χ2v) is 7.54. The maximum atomic E-state index is 12.6. The molecule has 0 N–H and O–H groups in total. The van der Waals surface area contributed by atoms with Gasteiger partial charge in [0.15, 0.2) is 0 Å². The molecule has 162 valence electrons. The first-order valence-electron chi connectivity index (χ1n) is 9.04. The molecule has 3 heterocycles. The normalized spacial score (nSPS) is 20.4. The van der Waals surface area contributed by atoms with Gasteiger partial charge < -0.3 is 9.64 Å². The summed E-state index contributed by atoms with van der Waals surface area (Å²) in [5.41, 5.74) is 0.843. The van der Waals surface area contributed by atoms with E-state index in [0.717, 1.165) is 30.0 Å². The Morgan fingerprint density at radius 2 is 1.59 bits per heavy atom. The molecule has 1 amide bonds. The molecule has 1 aromatic heterocycles. The monoisotopic (exact) mass is 426 g/mol. The molecule has 2 saturated heterocycles. The second kappa shape index (κ2) is 7.96. The number of likely N-dealkylation sites (tertiary alicyclic amines) is 2. The molecule has 2 fully saturated rings. The predicted molar refractivity (Wildman–Crippen MR) is 87.5 cm³/mol.